The van der Waals surface area contributed by atoms with Gasteiger partial charge < -0.3 is 25.5 Å². The van der Waals surface area contributed by atoms with Gasteiger partial charge in [-0.05, 0) is 19.8 Å². The van der Waals surface area contributed by atoms with Crippen LogP contribution < -0.4 is 53.7 Å². The van der Waals surface area contributed by atoms with Crippen molar-refractivity contribution in [3.05, 3.63) is 0 Å². The second kappa shape index (κ2) is 7.49. The summed E-state index contributed by atoms with van der Waals surface area (Å²) in [5, 5.41) is 20.1. The Kier molecular flexibility index (Phi) is 10.8. The van der Waals surface area contributed by atoms with Crippen molar-refractivity contribution in [2.24, 2.45) is 5.73 Å². The van der Waals surface area contributed by atoms with E-state index in [2.05, 4.69) is 0 Å². The van der Waals surface area contributed by atoms with Gasteiger partial charge in [0, 0.05) is 5.97 Å². The third kappa shape index (κ3) is 8.43. The SMILES string of the molecule is CC(N)(CCC(=O)[O-])C(=O)[O-].[Li+].[Li+]. The van der Waals surface area contributed by atoms with Gasteiger partial charge in [0.1, 0.15) is 0 Å². The summed E-state index contributed by atoms with van der Waals surface area (Å²) in [5.41, 5.74) is 3.57. The van der Waals surface area contributed by atoms with Gasteiger partial charge in [-0.1, -0.05) is 0 Å². The Labute approximate surface area is 100 Å². The largest absolute Gasteiger partial charge is 1.00 e. The third-order valence-electron chi connectivity index (χ3n) is 1.31. The van der Waals surface area contributed by atoms with E-state index in [0.717, 1.165) is 0 Å². The first-order valence-corrected chi connectivity index (χ1v) is 3.06. The summed E-state index contributed by atoms with van der Waals surface area (Å²) in [6.07, 6.45) is -0.557. The summed E-state index contributed by atoms with van der Waals surface area (Å²) in [5.74, 6) is -2.78. The maximum absolute atomic E-state index is 10.2. The van der Waals surface area contributed by atoms with Crippen LogP contribution in [-0.2, 0) is 9.59 Å². The van der Waals surface area contributed by atoms with Gasteiger partial charge in [-0.25, -0.2) is 0 Å². The molecule has 0 aliphatic carbocycles. The van der Waals surface area contributed by atoms with Gasteiger partial charge in [0.05, 0.1) is 11.5 Å². The Morgan fingerprint density at radius 1 is 1.31 bits per heavy atom. The molecule has 0 rings (SSSR count). The fraction of sp³-hybridized carbons (Fsp3) is 0.667. The zero-order valence-corrected chi connectivity index (χ0v) is 8.12. The number of hydrogen-bond acceptors (Lipinski definition) is 5. The molecule has 0 radical (unpaired) electrons. The number of carbonyl (C=O) groups is 2. The van der Waals surface area contributed by atoms with Gasteiger partial charge in [-0.15, -0.1) is 0 Å². The second-order valence-electron chi connectivity index (χ2n) is 2.58. The van der Waals surface area contributed by atoms with E-state index in [4.69, 9.17) is 5.73 Å². The van der Waals surface area contributed by atoms with Crippen LogP contribution in [0, 0.1) is 0 Å². The molecular formula is C6H9Li2NO4. The zero-order valence-electron chi connectivity index (χ0n) is 8.12. The van der Waals surface area contributed by atoms with E-state index in [0.29, 0.717) is 0 Å². The maximum atomic E-state index is 10.2. The minimum Gasteiger partial charge on any atom is -0.550 e. The molecule has 0 aromatic carbocycles. The van der Waals surface area contributed by atoms with Gasteiger partial charge in [0.15, 0.2) is 0 Å². The number of carboxylic acid groups (broad SMARTS) is 2. The Morgan fingerprint density at radius 2 is 1.69 bits per heavy atom. The fourth-order valence-corrected chi connectivity index (χ4v) is 0.464. The van der Waals surface area contributed by atoms with E-state index >= 15 is 0 Å². The summed E-state index contributed by atoms with van der Waals surface area (Å²) in [6.45, 7) is 1.20. The van der Waals surface area contributed by atoms with E-state index in [9.17, 15) is 19.8 Å². The first-order chi connectivity index (χ1) is 4.86. The van der Waals surface area contributed by atoms with Crippen molar-refractivity contribution in [1.82, 2.24) is 0 Å². The molecule has 2 N–H and O–H groups in total. The molecule has 1 atom stereocenters. The average Bonchev–Trinajstić information content (AvgIpc) is 1.84. The van der Waals surface area contributed by atoms with Crippen LogP contribution in [0.5, 0.6) is 0 Å². The van der Waals surface area contributed by atoms with Crippen LogP contribution in [0.15, 0.2) is 0 Å². The van der Waals surface area contributed by atoms with E-state index in [-0.39, 0.29) is 50.6 Å². The molecule has 0 aliphatic heterocycles. The minimum absolute atomic E-state index is 0. The molecule has 64 valence electrons. The Hall–Kier alpha value is 0.0948. The van der Waals surface area contributed by atoms with Crippen LogP contribution in [0.1, 0.15) is 19.8 Å². The van der Waals surface area contributed by atoms with Crippen LogP contribution >= 0.6 is 0 Å². The summed E-state index contributed by atoms with van der Waals surface area (Å²) in [4.78, 5) is 20.1. The first-order valence-electron chi connectivity index (χ1n) is 3.06. The molecular weight excluding hydrogens is 164 g/mol. The van der Waals surface area contributed by atoms with E-state index < -0.39 is 17.5 Å². The molecule has 13 heavy (non-hydrogen) atoms. The molecule has 0 fully saturated rings. The van der Waals surface area contributed by atoms with Gasteiger partial charge in [0.2, 0.25) is 0 Å². The van der Waals surface area contributed by atoms with Gasteiger partial charge in [0.25, 0.3) is 0 Å². The fourth-order valence-electron chi connectivity index (χ4n) is 0.464. The van der Waals surface area contributed by atoms with E-state index in [1.165, 1.54) is 6.92 Å². The number of nitrogens with two attached hydrogens (primary N) is 1. The molecule has 5 nitrogen and oxygen atoms in total. The van der Waals surface area contributed by atoms with Crippen molar-refractivity contribution in [3.8, 4) is 0 Å². The van der Waals surface area contributed by atoms with Crippen molar-refractivity contribution >= 4 is 11.9 Å². The van der Waals surface area contributed by atoms with E-state index in [1.807, 2.05) is 0 Å². The van der Waals surface area contributed by atoms with Crippen molar-refractivity contribution in [2.45, 2.75) is 25.3 Å². The summed E-state index contributed by atoms with van der Waals surface area (Å²) in [6, 6.07) is 0. The smallest absolute Gasteiger partial charge is 0.550 e. The van der Waals surface area contributed by atoms with Crippen LogP contribution in [-0.4, -0.2) is 17.5 Å². The summed E-state index contributed by atoms with van der Waals surface area (Å²) < 4.78 is 0. The third-order valence-corrected chi connectivity index (χ3v) is 1.31. The standard InChI is InChI=1S/C6H11NO4.2Li/c1-6(7,5(10)11)3-2-4(8)9;;/h2-3,7H2,1H3,(H,8,9)(H,10,11);;/q;2*+1/p-2. The number of carbonyl (C=O) groups excluding carboxylic acids is 2. The molecule has 0 amide bonds. The second-order valence-corrected chi connectivity index (χ2v) is 2.58. The molecule has 0 aromatic rings. The van der Waals surface area contributed by atoms with Crippen molar-refractivity contribution in [3.63, 3.8) is 0 Å². The van der Waals surface area contributed by atoms with Crippen LogP contribution in [0.3, 0.4) is 0 Å². The number of hydrogen-bond donors (Lipinski definition) is 1. The normalized spacial score (nSPS) is 13.1. The van der Waals surface area contributed by atoms with Crippen LogP contribution in [0.2, 0.25) is 0 Å². The number of aliphatic carboxylic acids is 2. The predicted molar refractivity (Wildman–Crippen MR) is 31.8 cm³/mol. The van der Waals surface area contributed by atoms with Gasteiger partial charge in [-0.3, -0.25) is 0 Å². The van der Waals surface area contributed by atoms with Gasteiger partial charge in [-0.2, -0.15) is 0 Å². The van der Waals surface area contributed by atoms with E-state index in [1.54, 1.807) is 0 Å². The molecule has 0 saturated carbocycles. The molecule has 0 bridgehead atoms. The van der Waals surface area contributed by atoms with Gasteiger partial charge >= 0.3 is 37.7 Å². The van der Waals surface area contributed by atoms with Crippen molar-refractivity contribution < 1.29 is 57.5 Å². The summed E-state index contributed by atoms with van der Waals surface area (Å²) >= 11 is 0. The average molecular weight is 173 g/mol. The zero-order chi connectivity index (χ0) is 9.07. The van der Waals surface area contributed by atoms with Crippen molar-refractivity contribution in [1.29, 1.82) is 0 Å². The Morgan fingerprint density at radius 3 is 1.92 bits per heavy atom. The molecule has 0 aliphatic rings. The van der Waals surface area contributed by atoms with Crippen LogP contribution in [0.4, 0.5) is 0 Å². The topological polar surface area (TPSA) is 106 Å². The van der Waals surface area contributed by atoms with Crippen molar-refractivity contribution in [2.75, 3.05) is 0 Å². The Bertz CT molecular complexity index is 183. The quantitative estimate of drug-likeness (QED) is 0.425. The maximum Gasteiger partial charge on any atom is 1.00 e. The molecule has 0 aromatic heterocycles. The molecule has 1 unspecified atom stereocenters. The summed E-state index contributed by atoms with van der Waals surface area (Å²) in [7, 11) is 0. The Balaban J connectivity index is -0.000000500. The predicted octanol–water partition coefficient (Wildman–Crippen LogP) is -9.01. The molecule has 0 spiro atoms. The molecule has 0 heterocycles. The number of carboxylic acids is 2. The number of rotatable bonds is 4. The molecule has 0 saturated heterocycles. The molecule has 7 heteroatoms. The monoisotopic (exact) mass is 173 g/mol. The first kappa shape index (κ1) is 18.8. The minimum atomic E-state index is -1.58. The van der Waals surface area contributed by atoms with Crippen LogP contribution in [0.25, 0.3) is 0 Å².